The van der Waals surface area contributed by atoms with Gasteiger partial charge in [-0.1, -0.05) is 69.8 Å². The normalized spacial score (nSPS) is 22.5. The zero-order valence-corrected chi connectivity index (χ0v) is 15.8. The standard InChI is InChI=1S/C21H39N/c1-6-8-10-11-12-14-20(15-18(3)13-9-7-2)17-22(5)21-16-19(21)4/h13-14,19,21H,6-12,15-17H2,1-5H3. The van der Waals surface area contributed by atoms with Crippen molar-refractivity contribution < 1.29 is 0 Å². The van der Waals surface area contributed by atoms with Gasteiger partial charge in [0.25, 0.3) is 0 Å². The summed E-state index contributed by atoms with van der Waals surface area (Å²) < 4.78 is 0. The lowest BCUT2D eigenvalue weighted by Gasteiger charge is -2.19. The quantitative estimate of drug-likeness (QED) is 0.299. The summed E-state index contributed by atoms with van der Waals surface area (Å²) >= 11 is 0. The molecule has 22 heavy (non-hydrogen) atoms. The lowest BCUT2D eigenvalue weighted by atomic mass is 10.0. The van der Waals surface area contributed by atoms with Crippen LogP contribution in [0.2, 0.25) is 0 Å². The summed E-state index contributed by atoms with van der Waals surface area (Å²) in [7, 11) is 2.31. The van der Waals surface area contributed by atoms with Crippen molar-refractivity contribution in [2.24, 2.45) is 5.92 Å². The van der Waals surface area contributed by atoms with Gasteiger partial charge >= 0.3 is 0 Å². The van der Waals surface area contributed by atoms with Gasteiger partial charge in [0, 0.05) is 12.6 Å². The summed E-state index contributed by atoms with van der Waals surface area (Å²) in [6.07, 6.45) is 16.8. The predicted octanol–water partition coefficient (Wildman–Crippen LogP) is 6.36. The fourth-order valence-corrected chi connectivity index (χ4v) is 3.25. The highest BCUT2D eigenvalue weighted by atomic mass is 15.2. The van der Waals surface area contributed by atoms with Gasteiger partial charge in [-0.05, 0) is 52.0 Å². The molecule has 1 aliphatic rings. The molecule has 2 unspecified atom stereocenters. The zero-order chi connectivity index (χ0) is 16.4. The van der Waals surface area contributed by atoms with Crippen molar-refractivity contribution in [3.8, 4) is 0 Å². The molecule has 0 spiro atoms. The molecular weight excluding hydrogens is 266 g/mol. The van der Waals surface area contributed by atoms with Crippen molar-refractivity contribution >= 4 is 0 Å². The van der Waals surface area contributed by atoms with Crippen LogP contribution < -0.4 is 0 Å². The molecule has 0 aromatic carbocycles. The van der Waals surface area contributed by atoms with E-state index in [2.05, 4.69) is 51.8 Å². The largest absolute Gasteiger partial charge is 0.299 e. The van der Waals surface area contributed by atoms with Crippen molar-refractivity contribution in [1.29, 1.82) is 0 Å². The summed E-state index contributed by atoms with van der Waals surface area (Å²) in [5, 5.41) is 0. The maximum Gasteiger partial charge on any atom is 0.0196 e. The first-order chi connectivity index (χ1) is 10.6. The SMILES string of the molecule is CCCC=C(C)CC(=CCCCCCC)CN(C)C1CC1C. The van der Waals surface area contributed by atoms with E-state index >= 15 is 0 Å². The third-order valence-corrected chi connectivity index (χ3v) is 4.86. The summed E-state index contributed by atoms with van der Waals surface area (Å²) in [4.78, 5) is 2.58. The maximum atomic E-state index is 2.58. The Hall–Kier alpha value is -0.560. The molecule has 0 heterocycles. The number of hydrogen-bond acceptors (Lipinski definition) is 1. The Balaban J connectivity index is 2.49. The second-order valence-corrected chi connectivity index (χ2v) is 7.42. The van der Waals surface area contributed by atoms with E-state index in [1.54, 1.807) is 11.1 Å². The molecule has 0 bridgehead atoms. The van der Waals surface area contributed by atoms with Gasteiger partial charge in [0.1, 0.15) is 0 Å². The van der Waals surface area contributed by atoms with Crippen LogP contribution in [0, 0.1) is 5.92 Å². The molecule has 2 atom stereocenters. The van der Waals surface area contributed by atoms with Crippen LogP contribution in [0.1, 0.15) is 85.5 Å². The van der Waals surface area contributed by atoms with Crippen molar-refractivity contribution in [2.75, 3.05) is 13.6 Å². The third kappa shape index (κ3) is 8.17. The van der Waals surface area contributed by atoms with Crippen LogP contribution in [0.15, 0.2) is 23.3 Å². The monoisotopic (exact) mass is 305 g/mol. The maximum absolute atomic E-state index is 2.58. The van der Waals surface area contributed by atoms with Crippen LogP contribution in [0.4, 0.5) is 0 Å². The zero-order valence-electron chi connectivity index (χ0n) is 15.8. The van der Waals surface area contributed by atoms with E-state index in [-0.39, 0.29) is 0 Å². The molecule has 128 valence electrons. The van der Waals surface area contributed by atoms with Crippen molar-refractivity contribution in [3.05, 3.63) is 23.3 Å². The minimum Gasteiger partial charge on any atom is -0.299 e. The van der Waals surface area contributed by atoms with Crippen LogP contribution in [0.5, 0.6) is 0 Å². The molecule has 1 heteroatoms. The molecule has 0 aromatic heterocycles. The Bertz CT molecular complexity index is 353. The minimum atomic E-state index is 0.836. The molecule has 0 aliphatic heterocycles. The molecule has 1 aliphatic carbocycles. The van der Waals surface area contributed by atoms with Gasteiger partial charge in [-0.15, -0.1) is 0 Å². The number of unbranched alkanes of at least 4 members (excludes halogenated alkanes) is 5. The van der Waals surface area contributed by atoms with Gasteiger partial charge in [-0.2, -0.15) is 0 Å². The van der Waals surface area contributed by atoms with E-state index < -0.39 is 0 Å². The van der Waals surface area contributed by atoms with Crippen LogP contribution in [-0.2, 0) is 0 Å². The third-order valence-electron chi connectivity index (χ3n) is 4.86. The Morgan fingerprint density at radius 3 is 2.36 bits per heavy atom. The van der Waals surface area contributed by atoms with Crippen LogP contribution in [0.25, 0.3) is 0 Å². The number of hydrogen-bond donors (Lipinski definition) is 0. The molecule has 0 amide bonds. The first-order valence-electron chi connectivity index (χ1n) is 9.62. The highest BCUT2D eigenvalue weighted by Gasteiger charge is 2.35. The van der Waals surface area contributed by atoms with E-state index in [0.29, 0.717) is 0 Å². The molecule has 0 radical (unpaired) electrons. The van der Waals surface area contributed by atoms with E-state index in [4.69, 9.17) is 0 Å². The predicted molar refractivity (Wildman–Crippen MR) is 100 cm³/mol. The highest BCUT2D eigenvalue weighted by molar-refractivity contribution is 5.16. The van der Waals surface area contributed by atoms with Gasteiger partial charge in [-0.25, -0.2) is 0 Å². The number of likely N-dealkylation sites (N-methyl/N-ethyl adjacent to an activating group) is 1. The van der Waals surface area contributed by atoms with Crippen molar-refractivity contribution in [2.45, 2.75) is 91.5 Å². The Morgan fingerprint density at radius 2 is 1.77 bits per heavy atom. The second kappa shape index (κ2) is 11.0. The first kappa shape index (κ1) is 19.5. The lowest BCUT2D eigenvalue weighted by Crippen LogP contribution is -2.24. The lowest BCUT2D eigenvalue weighted by molar-refractivity contribution is 0.335. The number of nitrogens with zero attached hydrogens (tertiary/aromatic N) is 1. The molecule has 0 N–H and O–H groups in total. The molecule has 1 rings (SSSR count). The van der Waals surface area contributed by atoms with Gasteiger partial charge in [0.2, 0.25) is 0 Å². The number of allylic oxidation sites excluding steroid dienone is 3. The molecular formula is C21H39N. The minimum absolute atomic E-state index is 0.836. The van der Waals surface area contributed by atoms with Gasteiger partial charge in [0.15, 0.2) is 0 Å². The summed E-state index contributed by atoms with van der Waals surface area (Å²) in [5.74, 6) is 0.910. The molecule has 1 saturated carbocycles. The molecule has 0 aromatic rings. The van der Waals surface area contributed by atoms with E-state index in [0.717, 1.165) is 12.0 Å². The van der Waals surface area contributed by atoms with E-state index in [1.807, 2.05) is 0 Å². The average Bonchev–Trinajstić information content (AvgIpc) is 3.21. The van der Waals surface area contributed by atoms with E-state index in [9.17, 15) is 0 Å². The molecule has 1 fully saturated rings. The summed E-state index contributed by atoms with van der Waals surface area (Å²) in [5.41, 5.74) is 3.20. The van der Waals surface area contributed by atoms with Crippen molar-refractivity contribution in [3.63, 3.8) is 0 Å². The topological polar surface area (TPSA) is 3.24 Å². The van der Waals surface area contributed by atoms with Crippen LogP contribution >= 0.6 is 0 Å². The van der Waals surface area contributed by atoms with Crippen molar-refractivity contribution in [1.82, 2.24) is 4.90 Å². The average molecular weight is 306 g/mol. The van der Waals surface area contributed by atoms with E-state index in [1.165, 1.54) is 64.3 Å². The Kier molecular flexibility index (Phi) is 9.79. The van der Waals surface area contributed by atoms with Crippen LogP contribution in [-0.4, -0.2) is 24.5 Å². The molecule has 0 saturated heterocycles. The summed E-state index contributed by atoms with van der Waals surface area (Å²) in [6, 6.07) is 0.836. The molecule has 1 nitrogen and oxygen atoms in total. The smallest absolute Gasteiger partial charge is 0.0196 e. The van der Waals surface area contributed by atoms with Gasteiger partial charge in [-0.3, -0.25) is 4.90 Å². The fourth-order valence-electron chi connectivity index (χ4n) is 3.25. The first-order valence-corrected chi connectivity index (χ1v) is 9.62. The number of rotatable bonds is 12. The Morgan fingerprint density at radius 1 is 1.05 bits per heavy atom. The Labute approximate surface area is 139 Å². The fraction of sp³-hybridized carbons (Fsp3) is 0.810. The van der Waals surface area contributed by atoms with Crippen LogP contribution in [0.3, 0.4) is 0 Å². The highest BCUT2D eigenvalue weighted by Crippen LogP contribution is 2.34. The second-order valence-electron chi connectivity index (χ2n) is 7.42. The summed E-state index contributed by atoms with van der Waals surface area (Å²) in [6.45, 7) is 10.4. The van der Waals surface area contributed by atoms with Gasteiger partial charge in [0.05, 0.1) is 0 Å². The van der Waals surface area contributed by atoms with Gasteiger partial charge < -0.3 is 0 Å².